The number of hydrogen-bond donors (Lipinski definition) is 1. The van der Waals surface area contributed by atoms with Crippen molar-refractivity contribution in [1.29, 1.82) is 0 Å². The van der Waals surface area contributed by atoms with E-state index in [-0.39, 0.29) is 5.54 Å². The van der Waals surface area contributed by atoms with Gasteiger partial charge in [-0.2, -0.15) is 0 Å². The molecule has 82 valence electrons. The zero-order valence-corrected chi connectivity index (χ0v) is 9.63. The molecule has 14 heavy (non-hydrogen) atoms. The molecule has 2 nitrogen and oxygen atoms in total. The van der Waals surface area contributed by atoms with Crippen LogP contribution in [0, 0.1) is 5.92 Å². The molecule has 0 aromatic rings. The van der Waals surface area contributed by atoms with Crippen LogP contribution in [0.25, 0.3) is 0 Å². The molecule has 0 aromatic heterocycles. The van der Waals surface area contributed by atoms with Crippen molar-refractivity contribution < 1.29 is 0 Å². The summed E-state index contributed by atoms with van der Waals surface area (Å²) in [6, 6.07) is 0.849. The van der Waals surface area contributed by atoms with Crippen molar-refractivity contribution in [3.63, 3.8) is 0 Å². The summed E-state index contributed by atoms with van der Waals surface area (Å²) in [6.45, 7) is 6.88. The summed E-state index contributed by atoms with van der Waals surface area (Å²) in [5.41, 5.74) is 6.35. The summed E-state index contributed by atoms with van der Waals surface area (Å²) in [5, 5.41) is 0. The first-order valence-electron chi connectivity index (χ1n) is 6.16. The van der Waals surface area contributed by atoms with Gasteiger partial charge in [-0.1, -0.05) is 26.7 Å². The first-order chi connectivity index (χ1) is 6.63. The van der Waals surface area contributed by atoms with E-state index < -0.39 is 0 Å². The van der Waals surface area contributed by atoms with Gasteiger partial charge < -0.3 is 5.73 Å². The maximum atomic E-state index is 6.19. The van der Waals surface area contributed by atoms with Crippen molar-refractivity contribution in [2.24, 2.45) is 11.7 Å². The van der Waals surface area contributed by atoms with E-state index in [1.165, 1.54) is 25.7 Å². The second-order valence-corrected chi connectivity index (χ2v) is 5.55. The van der Waals surface area contributed by atoms with Crippen LogP contribution in [0.1, 0.15) is 46.0 Å². The minimum Gasteiger partial charge on any atom is -0.323 e. The summed E-state index contributed by atoms with van der Waals surface area (Å²) in [4.78, 5) is 2.61. The molecule has 0 radical (unpaired) electrons. The fourth-order valence-corrected chi connectivity index (χ4v) is 2.98. The Labute approximate surface area is 87.8 Å². The third-order valence-corrected chi connectivity index (χ3v) is 4.17. The second-order valence-electron chi connectivity index (χ2n) is 5.55. The molecule has 0 bridgehead atoms. The molecule has 1 saturated heterocycles. The summed E-state index contributed by atoms with van der Waals surface area (Å²) in [7, 11) is 0. The van der Waals surface area contributed by atoms with Crippen molar-refractivity contribution in [2.75, 3.05) is 13.1 Å². The quantitative estimate of drug-likeness (QED) is 0.732. The van der Waals surface area contributed by atoms with E-state index in [9.17, 15) is 0 Å². The lowest BCUT2D eigenvalue weighted by Gasteiger charge is -2.52. The average Bonchev–Trinajstić information content (AvgIpc) is 2.13. The molecule has 0 amide bonds. The molecule has 0 spiro atoms. The van der Waals surface area contributed by atoms with Gasteiger partial charge in [0.15, 0.2) is 0 Å². The van der Waals surface area contributed by atoms with Crippen LogP contribution in [0.15, 0.2) is 0 Å². The monoisotopic (exact) mass is 196 g/mol. The molecule has 2 N–H and O–H groups in total. The topological polar surface area (TPSA) is 29.3 Å². The van der Waals surface area contributed by atoms with Crippen LogP contribution in [0.2, 0.25) is 0 Å². The van der Waals surface area contributed by atoms with Gasteiger partial charge in [-0.15, -0.1) is 0 Å². The third-order valence-electron chi connectivity index (χ3n) is 4.17. The van der Waals surface area contributed by atoms with Crippen LogP contribution in [0.3, 0.4) is 0 Å². The maximum Gasteiger partial charge on any atom is 0.0410 e. The lowest BCUT2D eigenvalue weighted by atomic mass is 9.80. The predicted octanol–water partition coefficient (Wildman–Crippen LogP) is 1.99. The number of nitrogens with zero attached hydrogens (tertiary/aromatic N) is 1. The molecule has 2 atom stereocenters. The van der Waals surface area contributed by atoms with Crippen LogP contribution in [-0.2, 0) is 0 Å². The van der Waals surface area contributed by atoms with E-state index in [1.807, 2.05) is 0 Å². The molecular weight excluding hydrogens is 172 g/mol. The predicted molar refractivity (Wildman–Crippen MR) is 60.2 cm³/mol. The summed E-state index contributed by atoms with van der Waals surface area (Å²) in [6.07, 6.45) is 6.80. The number of rotatable bonds is 2. The minimum atomic E-state index is 0.153. The smallest absolute Gasteiger partial charge is 0.0410 e. The van der Waals surface area contributed by atoms with Crippen molar-refractivity contribution in [2.45, 2.75) is 57.5 Å². The maximum absolute atomic E-state index is 6.19. The second kappa shape index (κ2) is 3.82. The Bertz CT molecular complexity index is 196. The molecule has 1 aliphatic carbocycles. The Morgan fingerprint density at radius 1 is 1.36 bits per heavy atom. The normalized spacial score (nSPS) is 37.9. The lowest BCUT2D eigenvalue weighted by Crippen LogP contribution is -2.69. The van der Waals surface area contributed by atoms with Crippen LogP contribution >= 0.6 is 0 Å². The molecule has 2 rings (SSSR count). The molecule has 1 aliphatic heterocycles. The number of hydrogen-bond acceptors (Lipinski definition) is 2. The fourth-order valence-electron chi connectivity index (χ4n) is 2.98. The Balaban J connectivity index is 1.81. The van der Waals surface area contributed by atoms with Crippen LogP contribution in [0.4, 0.5) is 0 Å². The lowest BCUT2D eigenvalue weighted by molar-refractivity contribution is 0.00508. The molecule has 2 fully saturated rings. The standard InChI is InChI=1S/C12H24N2/c1-3-12(13)8-14(9-12)11-6-4-5-10(2)7-11/h10-11H,3-9,13H2,1-2H3. The highest BCUT2D eigenvalue weighted by Gasteiger charge is 2.41. The zero-order chi connectivity index (χ0) is 10.2. The Morgan fingerprint density at radius 3 is 2.64 bits per heavy atom. The van der Waals surface area contributed by atoms with E-state index >= 15 is 0 Å². The van der Waals surface area contributed by atoms with Gasteiger partial charge in [0.05, 0.1) is 0 Å². The fraction of sp³-hybridized carbons (Fsp3) is 1.00. The highest BCUT2D eigenvalue weighted by Crippen LogP contribution is 2.33. The highest BCUT2D eigenvalue weighted by molar-refractivity contribution is 5.01. The zero-order valence-electron chi connectivity index (χ0n) is 9.63. The average molecular weight is 196 g/mol. The van der Waals surface area contributed by atoms with E-state index in [1.54, 1.807) is 0 Å². The molecule has 2 aliphatic rings. The van der Waals surface area contributed by atoms with Gasteiger partial charge >= 0.3 is 0 Å². The summed E-state index contributed by atoms with van der Waals surface area (Å²) in [5.74, 6) is 0.933. The van der Waals surface area contributed by atoms with E-state index in [0.717, 1.165) is 31.5 Å². The van der Waals surface area contributed by atoms with Crippen molar-refractivity contribution >= 4 is 0 Å². The first kappa shape index (κ1) is 10.4. The molecule has 1 saturated carbocycles. The van der Waals surface area contributed by atoms with Crippen LogP contribution < -0.4 is 5.73 Å². The van der Waals surface area contributed by atoms with Crippen LogP contribution in [0.5, 0.6) is 0 Å². The van der Waals surface area contributed by atoms with Gasteiger partial charge in [-0.25, -0.2) is 0 Å². The van der Waals surface area contributed by atoms with Crippen LogP contribution in [-0.4, -0.2) is 29.6 Å². The van der Waals surface area contributed by atoms with Crippen molar-refractivity contribution in [1.82, 2.24) is 4.90 Å². The van der Waals surface area contributed by atoms with E-state index in [4.69, 9.17) is 5.73 Å². The number of nitrogens with two attached hydrogens (primary N) is 1. The minimum absolute atomic E-state index is 0.153. The van der Waals surface area contributed by atoms with Gasteiger partial charge in [0.25, 0.3) is 0 Å². The Kier molecular flexibility index (Phi) is 2.85. The van der Waals surface area contributed by atoms with Gasteiger partial charge in [0.1, 0.15) is 0 Å². The largest absolute Gasteiger partial charge is 0.323 e. The highest BCUT2D eigenvalue weighted by atomic mass is 15.3. The molecular formula is C12H24N2. The molecule has 2 unspecified atom stereocenters. The van der Waals surface area contributed by atoms with Gasteiger partial charge in [-0.3, -0.25) is 4.90 Å². The molecule has 1 heterocycles. The van der Waals surface area contributed by atoms with Gasteiger partial charge in [0.2, 0.25) is 0 Å². The van der Waals surface area contributed by atoms with E-state index in [2.05, 4.69) is 18.7 Å². The number of likely N-dealkylation sites (tertiary alicyclic amines) is 1. The third kappa shape index (κ3) is 1.96. The summed E-state index contributed by atoms with van der Waals surface area (Å²) >= 11 is 0. The first-order valence-corrected chi connectivity index (χ1v) is 6.16. The van der Waals surface area contributed by atoms with Crippen molar-refractivity contribution in [3.05, 3.63) is 0 Å². The van der Waals surface area contributed by atoms with Gasteiger partial charge in [0, 0.05) is 24.7 Å². The SMILES string of the molecule is CCC1(N)CN(C2CCCC(C)C2)C1. The van der Waals surface area contributed by atoms with E-state index in [0.29, 0.717) is 0 Å². The van der Waals surface area contributed by atoms with Gasteiger partial charge in [-0.05, 0) is 25.2 Å². The Hall–Kier alpha value is -0.0800. The Morgan fingerprint density at radius 2 is 2.07 bits per heavy atom. The summed E-state index contributed by atoms with van der Waals surface area (Å²) < 4.78 is 0. The molecule has 2 heteroatoms. The van der Waals surface area contributed by atoms with Crippen molar-refractivity contribution in [3.8, 4) is 0 Å². The molecule has 0 aromatic carbocycles.